The molecule has 5 heteroatoms. The first-order valence-corrected chi connectivity index (χ1v) is 9.28. The Bertz CT molecular complexity index is 913. The van der Waals surface area contributed by atoms with Gasteiger partial charge in [0.15, 0.2) is 6.10 Å². The molecule has 1 aliphatic rings. The quantitative estimate of drug-likeness (QED) is 0.412. The van der Waals surface area contributed by atoms with Gasteiger partial charge >= 0.3 is 5.97 Å². The lowest BCUT2D eigenvalue weighted by Crippen LogP contribution is -2.23. The van der Waals surface area contributed by atoms with E-state index in [2.05, 4.69) is 0 Å². The molecule has 1 atom stereocenters. The van der Waals surface area contributed by atoms with E-state index in [1.165, 1.54) is 17.2 Å². The van der Waals surface area contributed by atoms with Gasteiger partial charge in [-0.2, -0.15) is 0 Å². The Morgan fingerprint density at radius 3 is 2.54 bits per heavy atom. The molecule has 0 spiro atoms. The zero-order chi connectivity index (χ0) is 20.1. The van der Waals surface area contributed by atoms with Crippen molar-refractivity contribution < 1.29 is 23.8 Å². The van der Waals surface area contributed by atoms with Gasteiger partial charge < -0.3 is 14.2 Å². The molecule has 0 radical (unpaired) electrons. The molecule has 2 aromatic carbocycles. The molecule has 3 rings (SSSR count). The van der Waals surface area contributed by atoms with Gasteiger partial charge in [-0.1, -0.05) is 12.1 Å². The minimum atomic E-state index is -0.852. The van der Waals surface area contributed by atoms with E-state index in [1.807, 2.05) is 18.2 Å². The number of esters is 1. The summed E-state index contributed by atoms with van der Waals surface area (Å²) in [5, 5.41) is 0. The molecule has 1 aliphatic carbocycles. The molecule has 0 N–H and O–H groups in total. The first-order chi connectivity index (χ1) is 13.5. The predicted octanol–water partition coefficient (Wildman–Crippen LogP) is 4.02. The fraction of sp³-hybridized carbons (Fsp3) is 0.304. The number of Topliss-reactive ketones (excluding diaryl/α,β-unsaturated/α-hetero) is 1. The van der Waals surface area contributed by atoms with Crippen molar-refractivity contribution in [3.63, 3.8) is 0 Å². The average Bonchev–Trinajstić information content (AvgIpc) is 3.19. The van der Waals surface area contributed by atoms with Gasteiger partial charge in [0.1, 0.15) is 11.5 Å². The topological polar surface area (TPSA) is 61.8 Å². The molecule has 2 aromatic rings. The van der Waals surface area contributed by atoms with Gasteiger partial charge in [-0.3, -0.25) is 4.79 Å². The van der Waals surface area contributed by atoms with Gasteiger partial charge in [0, 0.05) is 23.3 Å². The Balaban J connectivity index is 1.64. The first kappa shape index (κ1) is 19.7. The van der Waals surface area contributed by atoms with Crippen LogP contribution in [0.5, 0.6) is 11.5 Å². The summed E-state index contributed by atoms with van der Waals surface area (Å²) in [6.45, 7) is 1.59. The summed E-state index contributed by atoms with van der Waals surface area (Å²) in [6, 6.07) is 11.0. The van der Waals surface area contributed by atoms with Crippen LogP contribution >= 0.6 is 0 Å². The van der Waals surface area contributed by atoms with Gasteiger partial charge in [0.05, 0.1) is 14.2 Å². The number of methoxy groups -OCH3 is 2. The van der Waals surface area contributed by atoms with E-state index in [9.17, 15) is 9.59 Å². The van der Waals surface area contributed by atoms with Crippen molar-refractivity contribution in [2.75, 3.05) is 14.2 Å². The lowest BCUT2D eigenvalue weighted by Gasteiger charge is -2.12. The first-order valence-electron chi connectivity index (χ1n) is 9.28. The van der Waals surface area contributed by atoms with Gasteiger partial charge in [0.25, 0.3) is 0 Å². The number of benzene rings is 2. The largest absolute Gasteiger partial charge is 0.497 e. The number of hydrogen-bond acceptors (Lipinski definition) is 5. The second-order valence-electron chi connectivity index (χ2n) is 6.72. The Kier molecular flexibility index (Phi) is 6.14. The Hall–Kier alpha value is -3.08. The molecule has 0 saturated carbocycles. The zero-order valence-electron chi connectivity index (χ0n) is 16.4. The predicted molar refractivity (Wildman–Crippen MR) is 107 cm³/mol. The maximum Gasteiger partial charge on any atom is 0.331 e. The number of rotatable bonds is 7. The monoisotopic (exact) mass is 380 g/mol. The van der Waals surface area contributed by atoms with Crippen LogP contribution in [0, 0.1) is 0 Å². The summed E-state index contributed by atoms with van der Waals surface area (Å²) in [7, 11) is 3.11. The summed E-state index contributed by atoms with van der Waals surface area (Å²) < 4.78 is 15.7. The third-order valence-corrected chi connectivity index (χ3v) is 4.88. The molecular formula is C23H24O5. The molecule has 0 fully saturated rings. The zero-order valence-corrected chi connectivity index (χ0v) is 16.4. The van der Waals surface area contributed by atoms with E-state index < -0.39 is 12.1 Å². The van der Waals surface area contributed by atoms with E-state index in [1.54, 1.807) is 45.4 Å². The standard InChI is InChI=1S/C23H24O5/c1-15(23(25)19-8-7-16-5-4-6-18(16)13-19)28-22(24)12-10-17-9-11-20(26-2)14-21(17)27-3/h7-15H,4-6H2,1-3H3/b12-10+/t15-/m1/s1. The van der Waals surface area contributed by atoms with Gasteiger partial charge in [-0.05, 0) is 61.6 Å². The summed E-state index contributed by atoms with van der Waals surface area (Å²) in [5.41, 5.74) is 3.81. The van der Waals surface area contributed by atoms with E-state index in [0.717, 1.165) is 19.3 Å². The molecular weight excluding hydrogens is 356 g/mol. The number of carbonyl (C=O) groups is 2. The van der Waals surface area contributed by atoms with Crippen LogP contribution in [0.4, 0.5) is 0 Å². The van der Waals surface area contributed by atoms with Crippen molar-refractivity contribution in [2.24, 2.45) is 0 Å². The van der Waals surface area contributed by atoms with Crippen molar-refractivity contribution in [1.82, 2.24) is 0 Å². The van der Waals surface area contributed by atoms with Gasteiger partial charge in [-0.25, -0.2) is 4.79 Å². The van der Waals surface area contributed by atoms with Crippen molar-refractivity contribution in [3.05, 3.63) is 64.7 Å². The van der Waals surface area contributed by atoms with Crippen molar-refractivity contribution in [3.8, 4) is 11.5 Å². The summed E-state index contributed by atoms with van der Waals surface area (Å²) in [5.74, 6) is 0.453. The molecule has 146 valence electrons. The molecule has 0 bridgehead atoms. The van der Waals surface area contributed by atoms with Crippen molar-refractivity contribution in [1.29, 1.82) is 0 Å². The minimum Gasteiger partial charge on any atom is -0.497 e. The van der Waals surface area contributed by atoms with Crippen LogP contribution in [-0.4, -0.2) is 32.1 Å². The molecule has 28 heavy (non-hydrogen) atoms. The van der Waals surface area contributed by atoms with Crippen LogP contribution in [0.1, 0.15) is 40.4 Å². The van der Waals surface area contributed by atoms with Crippen molar-refractivity contribution >= 4 is 17.8 Å². The number of aryl methyl sites for hydroxylation is 2. The number of ether oxygens (including phenoxy) is 3. The van der Waals surface area contributed by atoms with E-state index in [-0.39, 0.29) is 5.78 Å². The van der Waals surface area contributed by atoms with Gasteiger partial charge in [-0.15, -0.1) is 0 Å². The number of carbonyl (C=O) groups excluding carboxylic acids is 2. The van der Waals surface area contributed by atoms with Gasteiger partial charge in [0.2, 0.25) is 5.78 Å². The Morgan fingerprint density at radius 2 is 1.79 bits per heavy atom. The third kappa shape index (κ3) is 4.42. The lowest BCUT2D eigenvalue weighted by atomic mass is 10.0. The molecule has 5 nitrogen and oxygen atoms in total. The number of fused-ring (bicyclic) bond motifs is 1. The SMILES string of the molecule is COc1ccc(/C=C/C(=O)O[C@H](C)C(=O)c2ccc3c(c2)CCC3)c(OC)c1. The summed E-state index contributed by atoms with van der Waals surface area (Å²) in [6.07, 6.45) is 5.21. The lowest BCUT2D eigenvalue weighted by molar-refractivity contribution is -0.140. The highest BCUT2D eigenvalue weighted by molar-refractivity contribution is 6.01. The van der Waals surface area contributed by atoms with Crippen LogP contribution < -0.4 is 9.47 Å². The maximum absolute atomic E-state index is 12.6. The Labute approximate surface area is 164 Å². The fourth-order valence-electron chi connectivity index (χ4n) is 3.34. The third-order valence-electron chi connectivity index (χ3n) is 4.88. The van der Waals surface area contributed by atoms with Crippen LogP contribution in [0.25, 0.3) is 6.08 Å². The van der Waals surface area contributed by atoms with Crippen LogP contribution in [0.2, 0.25) is 0 Å². The maximum atomic E-state index is 12.6. The fourth-order valence-corrected chi connectivity index (χ4v) is 3.34. The summed E-state index contributed by atoms with van der Waals surface area (Å²) in [4.78, 5) is 24.7. The highest BCUT2D eigenvalue weighted by Gasteiger charge is 2.20. The van der Waals surface area contributed by atoms with Crippen LogP contribution in [0.3, 0.4) is 0 Å². The molecule has 0 aliphatic heterocycles. The molecule has 0 saturated heterocycles. The minimum absolute atomic E-state index is 0.196. The molecule has 0 heterocycles. The highest BCUT2D eigenvalue weighted by atomic mass is 16.5. The Morgan fingerprint density at radius 1 is 1.00 bits per heavy atom. The van der Waals surface area contributed by atoms with E-state index in [0.29, 0.717) is 22.6 Å². The normalized spacial score (nSPS) is 13.8. The molecule has 0 unspecified atom stereocenters. The van der Waals surface area contributed by atoms with Crippen LogP contribution in [-0.2, 0) is 22.4 Å². The molecule has 0 aromatic heterocycles. The second kappa shape index (κ2) is 8.74. The smallest absolute Gasteiger partial charge is 0.331 e. The van der Waals surface area contributed by atoms with Crippen LogP contribution in [0.15, 0.2) is 42.5 Å². The highest BCUT2D eigenvalue weighted by Crippen LogP contribution is 2.26. The van der Waals surface area contributed by atoms with Crippen molar-refractivity contribution in [2.45, 2.75) is 32.3 Å². The molecule has 0 amide bonds. The van der Waals surface area contributed by atoms with E-state index in [4.69, 9.17) is 14.2 Å². The number of hydrogen-bond donors (Lipinski definition) is 0. The summed E-state index contributed by atoms with van der Waals surface area (Å²) >= 11 is 0. The number of ketones is 1. The van der Waals surface area contributed by atoms with E-state index >= 15 is 0 Å². The second-order valence-corrected chi connectivity index (χ2v) is 6.72. The average molecular weight is 380 g/mol.